The molecule has 1 N–H and O–H groups in total. The third kappa shape index (κ3) is 6.65. The van der Waals surface area contributed by atoms with Crippen molar-refractivity contribution >= 4 is 27.5 Å². The smallest absolute Gasteiger partial charge is 0.251 e. The first-order valence-electron chi connectivity index (χ1n) is 11.3. The molecule has 0 bridgehead atoms. The van der Waals surface area contributed by atoms with Crippen molar-refractivity contribution in [1.82, 2.24) is 19.4 Å². The summed E-state index contributed by atoms with van der Waals surface area (Å²) in [7, 11) is -1.69. The number of likely N-dealkylation sites (N-methyl/N-ethyl adjacent to an activating group) is 1. The van der Waals surface area contributed by atoms with Gasteiger partial charge in [0, 0.05) is 51.4 Å². The number of piperazine rings is 1. The fraction of sp³-hybridized carbons (Fsp3) is 0.682. The molecule has 180 valence electrons. The van der Waals surface area contributed by atoms with Gasteiger partial charge >= 0.3 is 0 Å². The molecule has 0 aliphatic carbocycles. The van der Waals surface area contributed by atoms with Crippen LogP contribution in [0.15, 0.2) is 23.1 Å². The zero-order valence-corrected chi connectivity index (χ0v) is 20.8. The van der Waals surface area contributed by atoms with E-state index in [4.69, 9.17) is 16.3 Å². The standard InChI is InChI=1S/C22H35ClN4O4S/c1-17-15-27(16-18(2)31-17)32(29,30)21-14-19(6-7-20(21)23)22(28)24-8-4-5-9-26-12-10-25(3)11-13-26/h6-7,14,17-18H,4-5,8-13,15-16H2,1-3H3,(H,24,28). The van der Waals surface area contributed by atoms with E-state index in [2.05, 4.69) is 22.2 Å². The van der Waals surface area contributed by atoms with Gasteiger partial charge in [-0.2, -0.15) is 4.31 Å². The molecule has 2 aliphatic heterocycles. The molecule has 2 unspecified atom stereocenters. The average molecular weight is 487 g/mol. The number of nitrogens with one attached hydrogen (secondary N) is 1. The Bertz CT molecular complexity index is 880. The van der Waals surface area contributed by atoms with Gasteiger partial charge < -0.3 is 19.9 Å². The van der Waals surface area contributed by atoms with Gasteiger partial charge in [-0.1, -0.05) is 11.6 Å². The van der Waals surface area contributed by atoms with E-state index in [1.165, 1.54) is 16.4 Å². The Morgan fingerprint density at radius 3 is 2.44 bits per heavy atom. The largest absolute Gasteiger partial charge is 0.373 e. The van der Waals surface area contributed by atoms with Gasteiger partial charge in [0.15, 0.2) is 0 Å². The van der Waals surface area contributed by atoms with Crippen LogP contribution in [0.5, 0.6) is 0 Å². The molecule has 2 fully saturated rings. The molecule has 0 spiro atoms. The second kappa shape index (κ2) is 11.3. The van der Waals surface area contributed by atoms with Crippen LogP contribution in [0.1, 0.15) is 37.0 Å². The van der Waals surface area contributed by atoms with Gasteiger partial charge in [0.1, 0.15) is 4.90 Å². The number of carbonyl (C=O) groups excluding carboxylic acids is 1. The lowest BCUT2D eigenvalue weighted by Crippen LogP contribution is -2.48. The maximum atomic E-state index is 13.2. The number of morpholine rings is 1. The van der Waals surface area contributed by atoms with Crippen LogP contribution in [0, 0.1) is 0 Å². The molecule has 2 aliphatic rings. The Kier molecular flexibility index (Phi) is 8.94. The van der Waals surface area contributed by atoms with Crippen LogP contribution in [0.2, 0.25) is 5.02 Å². The lowest BCUT2D eigenvalue weighted by molar-refractivity contribution is -0.0440. The highest BCUT2D eigenvalue weighted by molar-refractivity contribution is 7.89. The predicted octanol–water partition coefficient (Wildman–Crippen LogP) is 1.90. The number of unbranched alkanes of at least 4 members (excludes halogenated alkanes) is 1. The van der Waals surface area contributed by atoms with Crippen LogP contribution < -0.4 is 5.32 Å². The minimum Gasteiger partial charge on any atom is -0.373 e. The zero-order chi connectivity index (χ0) is 23.3. The molecule has 3 rings (SSSR count). The minimum atomic E-state index is -3.83. The van der Waals surface area contributed by atoms with Gasteiger partial charge in [-0.15, -0.1) is 0 Å². The number of hydrogen-bond acceptors (Lipinski definition) is 6. The molecule has 2 atom stereocenters. The van der Waals surface area contributed by atoms with E-state index in [0.29, 0.717) is 12.1 Å². The van der Waals surface area contributed by atoms with E-state index in [0.717, 1.165) is 45.6 Å². The first-order chi connectivity index (χ1) is 15.2. The van der Waals surface area contributed by atoms with Crippen molar-refractivity contribution in [2.24, 2.45) is 0 Å². The molecule has 1 aromatic carbocycles. The maximum absolute atomic E-state index is 13.2. The number of nitrogens with zero attached hydrogens (tertiary/aromatic N) is 3. The third-order valence-corrected chi connectivity index (χ3v) is 8.29. The number of rotatable bonds is 8. The Balaban J connectivity index is 1.54. The second-order valence-electron chi connectivity index (χ2n) is 8.83. The maximum Gasteiger partial charge on any atom is 0.251 e. The van der Waals surface area contributed by atoms with E-state index < -0.39 is 10.0 Å². The molecule has 2 heterocycles. The Hall–Kier alpha value is -1.23. The lowest BCUT2D eigenvalue weighted by atomic mass is 10.2. The first-order valence-corrected chi connectivity index (χ1v) is 13.1. The van der Waals surface area contributed by atoms with Crippen LogP contribution in [0.3, 0.4) is 0 Å². The van der Waals surface area contributed by atoms with Crippen molar-refractivity contribution in [1.29, 1.82) is 0 Å². The van der Waals surface area contributed by atoms with E-state index in [-0.39, 0.29) is 41.1 Å². The quantitative estimate of drug-likeness (QED) is 0.565. The van der Waals surface area contributed by atoms with Gasteiger partial charge in [0.05, 0.1) is 17.2 Å². The number of benzene rings is 1. The molecule has 1 aromatic rings. The summed E-state index contributed by atoms with van der Waals surface area (Å²) in [5.41, 5.74) is 0.293. The molecule has 8 nitrogen and oxygen atoms in total. The summed E-state index contributed by atoms with van der Waals surface area (Å²) in [6.07, 6.45) is 1.48. The highest BCUT2D eigenvalue weighted by Crippen LogP contribution is 2.28. The summed E-state index contributed by atoms with van der Waals surface area (Å²) >= 11 is 6.23. The molecular formula is C22H35ClN4O4S. The molecule has 2 saturated heterocycles. The van der Waals surface area contributed by atoms with Crippen molar-refractivity contribution in [3.8, 4) is 0 Å². The Morgan fingerprint density at radius 2 is 1.78 bits per heavy atom. The van der Waals surface area contributed by atoms with Gasteiger partial charge in [-0.05, 0) is 58.5 Å². The first kappa shape index (κ1) is 25.4. The summed E-state index contributed by atoms with van der Waals surface area (Å²) in [4.78, 5) is 17.4. The van der Waals surface area contributed by atoms with Crippen LogP contribution >= 0.6 is 11.6 Å². The SMILES string of the molecule is CC1CN(S(=O)(=O)c2cc(C(=O)NCCCCN3CCN(C)CC3)ccc2Cl)CC(C)O1. The van der Waals surface area contributed by atoms with E-state index in [9.17, 15) is 13.2 Å². The monoisotopic (exact) mass is 486 g/mol. The van der Waals surface area contributed by atoms with Crippen molar-refractivity contribution in [2.45, 2.75) is 43.8 Å². The van der Waals surface area contributed by atoms with Gasteiger partial charge in [-0.3, -0.25) is 4.79 Å². The summed E-state index contributed by atoms with van der Waals surface area (Å²) in [6.45, 7) is 10.2. The normalized spacial score (nSPS) is 23.9. The van der Waals surface area contributed by atoms with Crippen LogP contribution in [-0.4, -0.2) is 100 Å². The highest BCUT2D eigenvalue weighted by Gasteiger charge is 2.33. The fourth-order valence-electron chi connectivity index (χ4n) is 4.14. The molecule has 0 aromatic heterocycles. The molecule has 0 saturated carbocycles. The third-order valence-electron chi connectivity index (χ3n) is 5.98. The molecular weight excluding hydrogens is 452 g/mol. The van der Waals surface area contributed by atoms with E-state index in [1.54, 1.807) is 6.07 Å². The summed E-state index contributed by atoms with van der Waals surface area (Å²) in [5.74, 6) is -0.290. The summed E-state index contributed by atoms with van der Waals surface area (Å²) in [5, 5.41) is 3.01. The zero-order valence-electron chi connectivity index (χ0n) is 19.2. The average Bonchev–Trinajstić information content (AvgIpc) is 2.74. The molecule has 10 heteroatoms. The van der Waals surface area contributed by atoms with E-state index >= 15 is 0 Å². The Labute approximate surface area is 196 Å². The van der Waals surface area contributed by atoms with Crippen LogP contribution in [0.25, 0.3) is 0 Å². The number of hydrogen-bond donors (Lipinski definition) is 1. The number of amides is 1. The number of carbonyl (C=O) groups is 1. The van der Waals surface area contributed by atoms with Crippen molar-refractivity contribution in [3.05, 3.63) is 28.8 Å². The van der Waals surface area contributed by atoms with Gasteiger partial charge in [0.2, 0.25) is 10.0 Å². The summed E-state index contributed by atoms with van der Waals surface area (Å²) in [6, 6.07) is 4.41. The van der Waals surface area contributed by atoms with Crippen molar-refractivity contribution < 1.29 is 17.9 Å². The van der Waals surface area contributed by atoms with E-state index in [1.807, 2.05) is 13.8 Å². The van der Waals surface area contributed by atoms with Crippen molar-refractivity contribution in [3.63, 3.8) is 0 Å². The summed E-state index contributed by atoms with van der Waals surface area (Å²) < 4.78 is 33.4. The fourth-order valence-corrected chi connectivity index (χ4v) is 6.24. The topological polar surface area (TPSA) is 82.2 Å². The predicted molar refractivity (Wildman–Crippen MR) is 126 cm³/mol. The molecule has 0 radical (unpaired) electrons. The number of halogens is 1. The van der Waals surface area contributed by atoms with Gasteiger partial charge in [-0.25, -0.2) is 8.42 Å². The minimum absolute atomic E-state index is 0.0387. The second-order valence-corrected chi connectivity index (χ2v) is 11.1. The number of sulfonamides is 1. The Morgan fingerprint density at radius 1 is 1.12 bits per heavy atom. The van der Waals surface area contributed by atoms with Crippen LogP contribution in [0.4, 0.5) is 0 Å². The van der Waals surface area contributed by atoms with Crippen LogP contribution in [-0.2, 0) is 14.8 Å². The molecule has 32 heavy (non-hydrogen) atoms. The highest BCUT2D eigenvalue weighted by atomic mass is 35.5. The number of ether oxygens (including phenoxy) is 1. The van der Waals surface area contributed by atoms with Gasteiger partial charge in [0.25, 0.3) is 5.91 Å². The lowest BCUT2D eigenvalue weighted by Gasteiger charge is -2.34. The molecule has 1 amide bonds. The van der Waals surface area contributed by atoms with Crippen molar-refractivity contribution in [2.75, 3.05) is 59.4 Å².